The molecule has 0 saturated carbocycles. The van der Waals surface area contributed by atoms with E-state index in [1.165, 1.54) is 6.08 Å². The van der Waals surface area contributed by atoms with Gasteiger partial charge in [0.1, 0.15) is 0 Å². The van der Waals surface area contributed by atoms with Gasteiger partial charge in [-0.25, -0.2) is 0 Å². The van der Waals surface area contributed by atoms with E-state index < -0.39 is 0 Å². The SMILES string of the molecule is C=CC1OOO1. The highest BCUT2D eigenvalue weighted by Crippen LogP contribution is 2.07. The Morgan fingerprint density at radius 1 is 1.50 bits per heavy atom. The van der Waals surface area contributed by atoms with Crippen LogP contribution in [0.2, 0.25) is 0 Å². The van der Waals surface area contributed by atoms with E-state index >= 15 is 0 Å². The zero-order chi connectivity index (χ0) is 4.41. The Bertz CT molecular complexity index is 57.1. The first kappa shape index (κ1) is 3.80. The largest absolute Gasteiger partial charge is 0.248 e. The Kier molecular flexibility index (Phi) is 0.874. The van der Waals surface area contributed by atoms with Crippen LogP contribution < -0.4 is 0 Å². The minimum atomic E-state index is -0.343. The smallest absolute Gasteiger partial charge is 0.166 e. The minimum Gasteiger partial charge on any atom is -0.166 e. The van der Waals surface area contributed by atoms with Crippen molar-refractivity contribution in [2.75, 3.05) is 0 Å². The molecule has 0 atom stereocenters. The maximum absolute atomic E-state index is 4.24. The molecule has 0 unspecified atom stereocenters. The summed E-state index contributed by atoms with van der Waals surface area (Å²) in [5.41, 5.74) is 0. The van der Waals surface area contributed by atoms with Crippen molar-refractivity contribution in [2.45, 2.75) is 6.29 Å². The van der Waals surface area contributed by atoms with Crippen molar-refractivity contribution in [3.8, 4) is 0 Å². The molecule has 1 aliphatic heterocycles. The van der Waals surface area contributed by atoms with Crippen LogP contribution in [0.1, 0.15) is 0 Å². The maximum Gasteiger partial charge on any atom is 0.248 e. The van der Waals surface area contributed by atoms with Crippen molar-refractivity contribution in [3.05, 3.63) is 12.7 Å². The summed E-state index contributed by atoms with van der Waals surface area (Å²) in [6, 6.07) is 0. The molecule has 0 amide bonds. The van der Waals surface area contributed by atoms with Crippen molar-refractivity contribution >= 4 is 0 Å². The topological polar surface area (TPSA) is 27.7 Å². The summed E-state index contributed by atoms with van der Waals surface area (Å²) in [4.78, 5) is 8.48. The fourth-order valence-corrected chi connectivity index (χ4v) is 0.163. The summed E-state index contributed by atoms with van der Waals surface area (Å²) < 4.78 is 0. The lowest BCUT2D eigenvalue weighted by atomic mass is 10.6. The molecule has 1 rings (SSSR count). The summed E-state index contributed by atoms with van der Waals surface area (Å²) >= 11 is 0. The van der Waals surface area contributed by atoms with Gasteiger partial charge < -0.3 is 0 Å². The summed E-state index contributed by atoms with van der Waals surface area (Å²) in [6.07, 6.45) is 1.15. The summed E-state index contributed by atoms with van der Waals surface area (Å²) in [6.45, 7) is 3.35. The van der Waals surface area contributed by atoms with E-state index in [1.807, 2.05) is 0 Å². The second-order valence-electron chi connectivity index (χ2n) is 0.865. The lowest BCUT2D eigenvalue weighted by Crippen LogP contribution is -2.25. The van der Waals surface area contributed by atoms with Gasteiger partial charge >= 0.3 is 0 Å². The molecule has 1 fully saturated rings. The Hall–Kier alpha value is -0.380. The molecule has 0 N–H and O–H groups in total. The third-order valence-corrected chi connectivity index (χ3v) is 0.461. The molecule has 0 spiro atoms. The van der Waals surface area contributed by atoms with Gasteiger partial charge in [0.05, 0.1) is 0 Å². The molecular weight excluding hydrogens is 84.0 g/mol. The van der Waals surface area contributed by atoms with Crippen molar-refractivity contribution in [1.82, 2.24) is 0 Å². The molecule has 0 aromatic rings. The van der Waals surface area contributed by atoms with Gasteiger partial charge in [0, 0.05) is 0 Å². The fourth-order valence-electron chi connectivity index (χ4n) is 0.163. The van der Waals surface area contributed by atoms with Gasteiger partial charge in [-0.1, -0.05) is 11.6 Å². The van der Waals surface area contributed by atoms with Crippen molar-refractivity contribution in [3.63, 3.8) is 0 Å². The van der Waals surface area contributed by atoms with Gasteiger partial charge in [0.2, 0.25) is 6.29 Å². The van der Waals surface area contributed by atoms with Crippen LogP contribution in [0.4, 0.5) is 0 Å². The first-order valence-corrected chi connectivity index (χ1v) is 1.55. The van der Waals surface area contributed by atoms with Gasteiger partial charge in [-0.15, -0.1) is 0 Å². The number of hydrogen-bond donors (Lipinski definition) is 0. The number of rotatable bonds is 1. The lowest BCUT2D eigenvalue weighted by Gasteiger charge is -2.17. The first-order chi connectivity index (χ1) is 2.93. The van der Waals surface area contributed by atoms with Gasteiger partial charge in [-0.2, -0.15) is 9.78 Å². The van der Waals surface area contributed by atoms with Crippen LogP contribution in [0.5, 0.6) is 0 Å². The van der Waals surface area contributed by atoms with Gasteiger partial charge in [-0.05, 0) is 6.08 Å². The Balaban J connectivity index is 2.16. The second-order valence-corrected chi connectivity index (χ2v) is 0.865. The van der Waals surface area contributed by atoms with Crippen LogP contribution in [-0.2, 0) is 14.8 Å². The minimum absolute atomic E-state index is 0.343. The standard InChI is InChI=1S/C3H4O3/c1-2-3-4-6-5-3/h2-3H,1H2. The monoisotopic (exact) mass is 88.0 g/mol. The molecule has 3 heteroatoms. The lowest BCUT2D eigenvalue weighted by molar-refractivity contribution is -0.679. The van der Waals surface area contributed by atoms with E-state index in [2.05, 4.69) is 21.4 Å². The zero-order valence-corrected chi connectivity index (χ0v) is 3.09. The highest BCUT2D eigenvalue weighted by atomic mass is 17.6. The Labute approximate surface area is 35.0 Å². The van der Waals surface area contributed by atoms with Crippen molar-refractivity contribution in [1.29, 1.82) is 0 Å². The van der Waals surface area contributed by atoms with Crippen molar-refractivity contribution in [2.24, 2.45) is 0 Å². The maximum atomic E-state index is 4.24. The Morgan fingerprint density at radius 3 is 2.17 bits per heavy atom. The van der Waals surface area contributed by atoms with Crippen LogP contribution in [0.15, 0.2) is 12.7 Å². The van der Waals surface area contributed by atoms with Crippen molar-refractivity contribution < 1.29 is 14.8 Å². The molecule has 0 aliphatic carbocycles. The average Bonchev–Trinajstić information content (AvgIpc) is 1.31. The quantitative estimate of drug-likeness (QED) is 0.343. The summed E-state index contributed by atoms with van der Waals surface area (Å²) in [5.74, 6) is 0. The van der Waals surface area contributed by atoms with Crippen LogP contribution in [-0.4, -0.2) is 6.29 Å². The number of hydrogen-bond acceptors (Lipinski definition) is 3. The molecule has 0 aromatic heterocycles. The molecular formula is C3H4O3. The van der Waals surface area contributed by atoms with Gasteiger partial charge in [0.15, 0.2) is 0 Å². The third-order valence-electron chi connectivity index (χ3n) is 0.461. The molecule has 1 heterocycles. The molecule has 3 nitrogen and oxygen atoms in total. The van der Waals surface area contributed by atoms with Crippen LogP contribution in [0, 0.1) is 0 Å². The summed E-state index contributed by atoms with van der Waals surface area (Å²) in [7, 11) is 0. The van der Waals surface area contributed by atoms with E-state index in [1.54, 1.807) is 0 Å². The van der Waals surface area contributed by atoms with Crippen LogP contribution in [0.25, 0.3) is 0 Å². The summed E-state index contributed by atoms with van der Waals surface area (Å²) in [5, 5.41) is 3.85. The average molecular weight is 88.1 g/mol. The molecule has 34 valence electrons. The second kappa shape index (κ2) is 1.38. The predicted octanol–water partition coefficient (Wildman–Crippen LogP) is 0.392. The van der Waals surface area contributed by atoms with E-state index in [9.17, 15) is 0 Å². The molecule has 1 saturated heterocycles. The first-order valence-electron chi connectivity index (χ1n) is 1.55. The zero-order valence-electron chi connectivity index (χ0n) is 3.09. The van der Waals surface area contributed by atoms with Crippen LogP contribution >= 0.6 is 0 Å². The van der Waals surface area contributed by atoms with Gasteiger partial charge in [0.25, 0.3) is 0 Å². The highest BCUT2D eigenvalue weighted by molar-refractivity contribution is 4.70. The van der Waals surface area contributed by atoms with E-state index in [-0.39, 0.29) is 6.29 Å². The molecule has 0 aromatic carbocycles. The highest BCUT2D eigenvalue weighted by Gasteiger charge is 2.16. The predicted molar refractivity (Wildman–Crippen MR) is 17.2 cm³/mol. The van der Waals surface area contributed by atoms with Crippen LogP contribution in [0.3, 0.4) is 0 Å². The third kappa shape index (κ3) is 0.428. The van der Waals surface area contributed by atoms with E-state index in [0.29, 0.717) is 0 Å². The normalized spacial score (nSPS) is 22.7. The molecule has 1 aliphatic rings. The van der Waals surface area contributed by atoms with E-state index in [4.69, 9.17) is 0 Å². The molecule has 6 heavy (non-hydrogen) atoms. The molecule has 0 radical (unpaired) electrons. The Morgan fingerprint density at radius 2 is 2.17 bits per heavy atom. The molecule has 0 bridgehead atoms. The van der Waals surface area contributed by atoms with Gasteiger partial charge in [-0.3, -0.25) is 0 Å². The van der Waals surface area contributed by atoms with E-state index in [0.717, 1.165) is 0 Å². The fraction of sp³-hybridized carbons (Fsp3) is 0.333.